The Morgan fingerprint density at radius 3 is 2.52 bits per heavy atom. The molecule has 1 N–H and O–H groups in total. The Labute approximate surface area is 149 Å². The molecule has 0 aliphatic carbocycles. The van der Waals surface area contributed by atoms with E-state index in [1.807, 2.05) is 5.32 Å². The Balaban J connectivity index is 1.75. The summed E-state index contributed by atoms with van der Waals surface area (Å²) in [5, 5.41) is 1.90. The molecule has 0 aromatic carbocycles. The molecule has 2 aliphatic rings. The fourth-order valence-electron chi connectivity index (χ4n) is 3.74. The maximum Gasteiger partial charge on any atom is 0.416 e. The van der Waals surface area contributed by atoms with E-state index in [1.54, 1.807) is 0 Å². The summed E-state index contributed by atoms with van der Waals surface area (Å²) in [5.74, 6) is -5.50. The van der Waals surface area contributed by atoms with Gasteiger partial charge in [0.15, 0.2) is 0 Å². The Bertz CT molecular complexity index is 954. The van der Waals surface area contributed by atoms with Crippen LogP contribution in [0.5, 0.6) is 0 Å². The number of hydrogen-bond acceptors (Lipinski definition) is 4. The maximum absolute atomic E-state index is 14.9. The Hall–Kier alpha value is -2.72. The van der Waals surface area contributed by atoms with E-state index in [0.29, 0.717) is 0 Å². The van der Waals surface area contributed by atoms with E-state index in [0.717, 1.165) is 17.0 Å². The molecule has 11 heteroatoms. The highest BCUT2D eigenvalue weighted by molar-refractivity contribution is 6.06. The zero-order valence-corrected chi connectivity index (χ0v) is 13.7. The van der Waals surface area contributed by atoms with Crippen LogP contribution in [-0.4, -0.2) is 40.2 Å². The van der Waals surface area contributed by atoms with Gasteiger partial charge in [0.1, 0.15) is 17.6 Å². The normalized spacial score (nSPS) is 25.4. The molecule has 2 fully saturated rings. The summed E-state index contributed by atoms with van der Waals surface area (Å²) in [6, 6.07) is 1.66. The zero-order chi connectivity index (χ0) is 19.6. The molecule has 2 amide bonds. The quantitative estimate of drug-likeness (QED) is 0.601. The Morgan fingerprint density at radius 2 is 1.93 bits per heavy atom. The van der Waals surface area contributed by atoms with Gasteiger partial charge in [0.05, 0.1) is 23.8 Å². The predicted molar refractivity (Wildman–Crippen MR) is 82.2 cm³/mol. The van der Waals surface area contributed by atoms with E-state index in [4.69, 9.17) is 0 Å². The number of pyridine rings is 1. The summed E-state index contributed by atoms with van der Waals surface area (Å²) in [5.41, 5.74) is -3.03. The second-order valence-corrected chi connectivity index (χ2v) is 6.80. The van der Waals surface area contributed by atoms with E-state index in [2.05, 4.69) is 4.98 Å². The molecule has 144 valence electrons. The minimum atomic E-state index is -4.65. The van der Waals surface area contributed by atoms with Gasteiger partial charge >= 0.3 is 6.18 Å². The van der Waals surface area contributed by atoms with Crippen molar-refractivity contribution < 1.29 is 31.5 Å². The number of carbonyl (C=O) groups is 2. The summed E-state index contributed by atoms with van der Waals surface area (Å²) >= 11 is 0. The molecule has 1 unspecified atom stereocenters. The number of halogens is 5. The summed E-state index contributed by atoms with van der Waals surface area (Å²) in [6.07, 6.45) is -3.21. The SMILES string of the molecule is O=C1CC2(CCN(c3cc(C(F)(F)F)cc4cncn34)CC2(F)F)C(=O)N1. The van der Waals surface area contributed by atoms with Gasteiger partial charge in [-0.25, -0.2) is 13.8 Å². The molecule has 4 heterocycles. The van der Waals surface area contributed by atoms with E-state index < -0.39 is 47.9 Å². The molecule has 4 rings (SSSR count). The van der Waals surface area contributed by atoms with Gasteiger partial charge in [-0.1, -0.05) is 0 Å². The minimum absolute atomic E-state index is 0.100. The third kappa shape index (κ3) is 2.55. The number of carbonyl (C=O) groups excluding carboxylic acids is 2. The molecule has 0 bridgehead atoms. The van der Waals surface area contributed by atoms with Crippen LogP contribution in [0.2, 0.25) is 0 Å². The molecule has 27 heavy (non-hydrogen) atoms. The van der Waals surface area contributed by atoms with Gasteiger partial charge in [0.2, 0.25) is 11.8 Å². The Morgan fingerprint density at radius 1 is 1.19 bits per heavy atom. The van der Waals surface area contributed by atoms with Crippen molar-refractivity contribution in [1.82, 2.24) is 14.7 Å². The second-order valence-electron chi connectivity index (χ2n) is 6.80. The summed E-state index contributed by atoms with van der Waals surface area (Å²) < 4.78 is 70.6. The molecule has 0 radical (unpaired) electrons. The number of nitrogens with zero attached hydrogens (tertiary/aromatic N) is 3. The van der Waals surface area contributed by atoms with Crippen molar-refractivity contribution in [2.45, 2.75) is 24.9 Å². The maximum atomic E-state index is 14.9. The standard InChI is InChI=1S/C16H13F5N4O2/c17-15(18)7-24(2-1-14(15)5-11(26)23-13(14)27)12-4-9(16(19,20)21)3-10-6-22-8-25(10)12/h3-4,6,8H,1-2,5,7H2,(H,23,26,27). The van der Waals surface area contributed by atoms with Crippen LogP contribution in [0.25, 0.3) is 5.52 Å². The first-order valence-corrected chi connectivity index (χ1v) is 8.04. The summed E-state index contributed by atoms with van der Waals surface area (Å²) in [7, 11) is 0. The van der Waals surface area contributed by atoms with Crippen molar-refractivity contribution >= 4 is 23.1 Å². The number of piperidine rings is 1. The summed E-state index contributed by atoms with van der Waals surface area (Å²) in [6.45, 7) is -1.09. The number of hydrogen-bond donors (Lipinski definition) is 1. The average molecular weight is 388 g/mol. The van der Waals surface area contributed by atoms with Crippen LogP contribution in [0.3, 0.4) is 0 Å². The third-order valence-electron chi connectivity index (χ3n) is 5.20. The molecule has 2 saturated heterocycles. The van der Waals surface area contributed by atoms with Crippen molar-refractivity contribution in [3.63, 3.8) is 0 Å². The van der Waals surface area contributed by atoms with Crippen LogP contribution in [0.15, 0.2) is 24.7 Å². The molecule has 1 spiro atoms. The third-order valence-corrected chi connectivity index (χ3v) is 5.20. The minimum Gasteiger partial charge on any atom is -0.352 e. The predicted octanol–water partition coefficient (Wildman–Crippen LogP) is 2.23. The highest BCUT2D eigenvalue weighted by atomic mass is 19.4. The molecule has 1 atom stereocenters. The fourth-order valence-corrected chi connectivity index (χ4v) is 3.74. The summed E-state index contributed by atoms with van der Waals surface area (Å²) in [4.78, 5) is 28.3. The highest BCUT2D eigenvalue weighted by Crippen LogP contribution is 2.49. The van der Waals surface area contributed by atoms with Crippen LogP contribution in [-0.2, 0) is 15.8 Å². The first kappa shape index (κ1) is 17.7. The molecule has 2 aromatic heterocycles. The van der Waals surface area contributed by atoms with Crippen LogP contribution >= 0.6 is 0 Å². The number of anilines is 1. The number of rotatable bonds is 1. The highest BCUT2D eigenvalue weighted by Gasteiger charge is 2.65. The van der Waals surface area contributed by atoms with Crippen molar-refractivity contribution in [3.05, 3.63) is 30.2 Å². The topological polar surface area (TPSA) is 66.7 Å². The van der Waals surface area contributed by atoms with Crippen molar-refractivity contribution in [3.8, 4) is 0 Å². The fraction of sp³-hybridized carbons (Fsp3) is 0.438. The van der Waals surface area contributed by atoms with Gasteiger partial charge in [-0.3, -0.25) is 19.3 Å². The van der Waals surface area contributed by atoms with E-state index >= 15 is 0 Å². The van der Waals surface area contributed by atoms with Crippen LogP contribution in [0.1, 0.15) is 18.4 Å². The van der Waals surface area contributed by atoms with Crippen LogP contribution in [0.4, 0.5) is 27.8 Å². The lowest BCUT2D eigenvalue weighted by atomic mass is 9.73. The number of nitrogens with one attached hydrogen (secondary N) is 1. The first-order valence-electron chi connectivity index (χ1n) is 8.04. The van der Waals surface area contributed by atoms with E-state index in [9.17, 15) is 31.5 Å². The lowest BCUT2D eigenvalue weighted by Gasteiger charge is -2.44. The van der Waals surface area contributed by atoms with Gasteiger partial charge in [-0.15, -0.1) is 0 Å². The monoisotopic (exact) mass is 388 g/mol. The van der Waals surface area contributed by atoms with Gasteiger partial charge < -0.3 is 4.90 Å². The molecule has 2 aromatic rings. The number of aromatic nitrogens is 2. The van der Waals surface area contributed by atoms with Crippen LogP contribution < -0.4 is 10.2 Å². The lowest BCUT2D eigenvalue weighted by Crippen LogP contribution is -2.59. The first-order chi connectivity index (χ1) is 12.5. The zero-order valence-electron chi connectivity index (χ0n) is 13.7. The van der Waals surface area contributed by atoms with E-state index in [1.165, 1.54) is 16.9 Å². The number of imide groups is 1. The smallest absolute Gasteiger partial charge is 0.352 e. The number of alkyl halides is 5. The molecule has 0 saturated carbocycles. The molecule has 2 aliphatic heterocycles. The largest absolute Gasteiger partial charge is 0.416 e. The van der Waals surface area contributed by atoms with Gasteiger partial charge in [-0.05, 0) is 18.6 Å². The average Bonchev–Trinajstić information content (AvgIpc) is 3.13. The number of fused-ring (bicyclic) bond motifs is 1. The number of imidazole rings is 1. The van der Waals surface area contributed by atoms with Crippen molar-refractivity contribution in [1.29, 1.82) is 0 Å². The van der Waals surface area contributed by atoms with E-state index in [-0.39, 0.29) is 24.3 Å². The van der Waals surface area contributed by atoms with Gasteiger partial charge in [0, 0.05) is 13.0 Å². The Kier molecular flexibility index (Phi) is 3.53. The van der Waals surface area contributed by atoms with Crippen molar-refractivity contribution in [2.24, 2.45) is 5.41 Å². The molecular weight excluding hydrogens is 375 g/mol. The lowest BCUT2D eigenvalue weighted by molar-refractivity contribution is -0.160. The van der Waals surface area contributed by atoms with Crippen molar-refractivity contribution in [2.75, 3.05) is 18.0 Å². The molecule has 6 nitrogen and oxygen atoms in total. The van der Waals surface area contributed by atoms with Crippen LogP contribution in [0, 0.1) is 5.41 Å². The van der Waals surface area contributed by atoms with Gasteiger partial charge in [0.25, 0.3) is 5.92 Å². The van der Waals surface area contributed by atoms with Gasteiger partial charge in [-0.2, -0.15) is 13.2 Å². The second kappa shape index (κ2) is 5.40. The number of amides is 2. The molecular formula is C16H13F5N4O2.